The van der Waals surface area contributed by atoms with Crippen LogP contribution in [0.25, 0.3) is 0 Å². The third kappa shape index (κ3) is 3.95. The number of nitrogens with two attached hydrogens (primary N) is 1. The normalized spacial score (nSPS) is 14.1. The predicted octanol–water partition coefficient (Wildman–Crippen LogP) is 1.28. The van der Waals surface area contributed by atoms with Gasteiger partial charge in [0.1, 0.15) is 4.21 Å². The SMILES string of the molecule is COCC(NS(=O)(=O)c1cc(N)cs1)C(C)C. The summed E-state index contributed by atoms with van der Waals surface area (Å²) >= 11 is 1.11. The molecule has 17 heavy (non-hydrogen) atoms. The van der Waals surface area contributed by atoms with Crippen molar-refractivity contribution in [2.75, 3.05) is 19.5 Å². The summed E-state index contributed by atoms with van der Waals surface area (Å²) in [5, 5.41) is 1.61. The first-order valence-electron chi connectivity index (χ1n) is 5.22. The second kappa shape index (κ2) is 5.81. The number of hydrogen-bond donors (Lipinski definition) is 2. The minimum atomic E-state index is -3.50. The average Bonchev–Trinajstić information content (AvgIpc) is 2.64. The Hall–Kier alpha value is -0.630. The predicted molar refractivity (Wildman–Crippen MR) is 69.6 cm³/mol. The van der Waals surface area contributed by atoms with Crippen LogP contribution < -0.4 is 10.5 Å². The zero-order chi connectivity index (χ0) is 13.1. The van der Waals surface area contributed by atoms with Gasteiger partial charge in [0.05, 0.1) is 6.61 Å². The van der Waals surface area contributed by atoms with Crippen molar-refractivity contribution < 1.29 is 13.2 Å². The van der Waals surface area contributed by atoms with Crippen molar-refractivity contribution in [3.05, 3.63) is 11.4 Å². The number of methoxy groups -OCH3 is 1. The van der Waals surface area contributed by atoms with Crippen LogP contribution in [0.1, 0.15) is 13.8 Å². The Kier molecular flexibility index (Phi) is 4.93. The van der Waals surface area contributed by atoms with E-state index in [-0.39, 0.29) is 16.2 Å². The fourth-order valence-electron chi connectivity index (χ4n) is 1.27. The summed E-state index contributed by atoms with van der Waals surface area (Å²) in [5.74, 6) is 0.155. The maximum atomic E-state index is 12.0. The van der Waals surface area contributed by atoms with Crippen molar-refractivity contribution in [2.45, 2.75) is 24.1 Å². The van der Waals surface area contributed by atoms with Crippen molar-refractivity contribution in [1.29, 1.82) is 0 Å². The second-order valence-corrected chi connectivity index (χ2v) is 6.98. The summed E-state index contributed by atoms with van der Waals surface area (Å²) in [6, 6.07) is 1.21. The number of thiophene rings is 1. The number of hydrogen-bond acceptors (Lipinski definition) is 5. The van der Waals surface area contributed by atoms with Crippen LogP contribution in [0.3, 0.4) is 0 Å². The zero-order valence-corrected chi connectivity index (χ0v) is 11.8. The van der Waals surface area contributed by atoms with Crippen LogP contribution in [0, 0.1) is 5.92 Å². The number of ether oxygens (including phenoxy) is 1. The molecule has 0 saturated carbocycles. The van der Waals surface area contributed by atoms with Gasteiger partial charge < -0.3 is 10.5 Å². The van der Waals surface area contributed by atoms with Gasteiger partial charge in [-0.1, -0.05) is 13.8 Å². The molecule has 0 radical (unpaired) electrons. The highest BCUT2D eigenvalue weighted by atomic mass is 32.2. The minimum Gasteiger partial charge on any atom is -0.398 e. The van der Waals surface area contributed by atoms with Gasteiger partial charge in [0.25, 0.3) is 0 Å². The first-order chi connectivity index (χ1) is 7.86. The van der Waals surface area contributed by atoms with Crippen molar-refractivity contribution >= 4 is 27.0 Å². The molecular formula is C10H18N2O3S2. The molecule has 1 heterocycles. The lowest BCUT2D eigenvalue weighted by Gasteiger charge is -2.20. The molecule has 0 spiro atoms. The number of nitrogens with one attached hydrogen (secondary N) is 1. The monoisotopic (exact) mass is 278 g/mol. The van der Waals surface area contributed by atoms with Crippen LogP contribution in [-0.2, 0) is 14.8 Å². The molecule has 0 saturated heterocycles. The number of anilines is 1. The summed E-state index contributed by atoms with van der Waals surface area (Å²) in [4.78, 5) is 0. The number of sulfonamides is 1. The molecule has 0 aliphatic rings. The largest absolute Gasteiger partial charge is 0.398 e. The van der Waals surface area contributed by atoms with Gasteiger partial charge >= 0.3 is 0 Å². The van der Waals surface area contributed by atoms with Gasteiger partial charge in [0.2, 0.25) is 10.0 Å². The van der Waals surface area contributed by atoms with E-state index in [4.69, 9.17) is 10.5 Å². The fourth-order valence-corrected chi connectivity index (χ4v) is 3.74. The molecule has 0 aromatic carbocycles. The molecule has 1 atom stereocenters. The lowest BCUT2D eigenvalue weighted by atomic mass is 10.1. The number of rotatable bonds is 6. The van der Waals surface area contributed by atoms with Crippen molar-refractivity contribution in [3.8, 4) is 0 Å². The molecule has 98 valence electrons. The van der Waals surface area contributed by atoms with Crippen LogP contribution in [0.15, 0.2) is 15.7 Å². The standard InChI is InChI=1S/C10H18N2O3S2/c1-7(2)9(5-15-3)12-17(13,14)10-4-8(11)6-16-10/h4,6-7,9,12H,5,11H2,1-3H3. The molecule has 0 fully saturated rings. The van der Waals surface area contributed by atoms with Gasteiger partial charge in [-0.25, -0.2) is 13.1 Å². The molecule has 0 amide bonds. The molecule has 0 aliphatic carbocycles. The smallest absolute Gasteiger partial charge is 0.250 e. The van der Waals surface area contributed by atoms with Crippen LogP contribution in [0.2, 0.25) is 0 Å². The van der Waals surface area contributed by atoms with Crippen LogP contribution >= 0.6 is 11.3 Å². The van der Waals surface area contributed by atoms with E-state index < -0.39 is 10.0 Å². The lowest BCUT2D eigenvalue weighted by Crippen LogP contribution is -2.41. The Morgan fingerprint density at radius 2 is 2.18 bits per heavy atom. The van der Waals surface area contributed by atoms with E-state index in [1.54, 1.807) is 12.5 Å². The molecule has 1 unspecified atom stereocenters. The van der Waals surface area contributed by atoms with E-state index in [9.17, 15) is 8.42 Å². The highest BCUT2D eigenvalue weighted by Gasteiger charge is 2.23. The number of nitrogen functional groups attached to an aromatic ring is 1. The molecule has 1 aromatic heterocycles. The Morgan fingerprint density at radius 1 is 1.53 bits per heavy atom. The molecule has 5 nitrogen and oxygen atoms in total. The van der Waals surface area contributed by atoms with Gasteiger partial charge in [-0.15, -0.1) is 11.3 Å². The van der Waals surface area contributed by atoms with Gasteiger partial charge in [0.15, 0.2) is 0 Å². The first kappa shape index (κ1) is 14.4. The van der Waals surface area contributed by atoms with Gasteiger partial charge in [-0.3, -0.25) is 0 Å². The molecule has 1 rings (SSSR count). The first-order valence-corrected chi connectivity index (χ1v) is 7.58. The summed E-state index contributed by atoms with van der Waals surface area (Å²) in [6.07, 6.45) is 0. The summed E-state index contributed by atoms with van der Waals surface area (Å²) in [5.41, 5.74) is 5.98. The third-order valence-corrected chi connectivity index (χ3v) is 5.27. The van der Waals surface area contributed by atoms with Crippen LogP contribution in [0.4, 0.5) is 5.69 Å². The van der Waals surface area contributed by atoms with E-state index in [0.717, 1.165) is 11.3 Å². The quantitative estimate of drug-likeness (QED) is 0.821. The van der Waals surface area contributed by atoms with E-state index in [1.807, 2.05) is 13.8 Å². The van der Waals surface area contributed by atoms with Crippen molar-refractivity contribution in [1.82, 2.24) is 4.72 Å². The van der Waals surface area contributed by atoms with E-state index >= 15 is 0 Å². The highest BCUT2D eigenvalue weighted by Crippen LogP contribution is 2.22. The Balaban J connectivity index is 2.84. The Bertz CT molecular complexity index is 454. The van der Waals surface area contributed by atoms with E-state index in [0.29, 0.717) is 12.3 Å². The van der Waals surface area contributed by atoms with Gasteiger partial charge in [-0.2, -0.15) is 0 Å². The molecular weight excluding hydrogens is 260 g/mol. The highest BCUT2D eigenvalue weighted by molar-refractivity contribution is 7.91. The summed E-state index contributed by atoms with van der Waals surface area (Å²) in [6.45, 7) is 4.22. The topological polar surface area (TPSA) is 81.4 Å². The second-order valence-electron chi connectivity index (χ2n) is 4.13. The maximum absolute atomic E-state index is 12.0. The maximum Gasteiger partial charge on any atom is 0.250 e. The van der Waals surface area contributed by atoms with Crippen LogP contribution in [-0.4, -0.2) is 28.2 Å². The average molecular weight is 278 g/mol. The lowest BCUT2D eigenvalue weighted by molar-refractivity contribution is 0.157. The van der Waals surface area contributed by atoms with Crippen molar-refractivity contribution in [2.24, 2.45) is 5.92 Å². The Labute approximate surface area is 106 Å². The summed E-state index contributed by atoms with van der Waals surface area (Å²) in [7, 11) is -1.95. The molecule has 0 bridgehead atoms. The summed E-state index contributed by atoms with van der Waals surface area (Å²) < 4.78 is 31.9. The van der Waals surface area contributed by atoms with Gasteiger partial charge in [-0.05, 0) is 12.0 Å². The van der Waals surface area contributed by atoms with E-state index in [2.05, 4.69) is 4.72 Å². The van der Waals surface area contributed by atoms with Gasteiger partial charge in [0, 0.05) is 24.2 Å². The molecule has 7 heteroatoms. The molecule has 1 aromatic rings. The zero-order valence-electron chi connectivity index (χ0n) is 10.1. The van der Waals surface area contributed by atoms with Crippen molar-refractivity contribution in [3.63, 3.8) is 0 Å². The van der Waals surface area contributed by atoms with Crippen LogP contribution in [0.5, 0.6) is 0 Å². The molecule has 0 aliphatic heterocycles. The minimum absolute atomic E-state index is 0.155. The Morgan fingerprint density at radius 3 is 2.59 bits per heavy atom. The molecule has 3 N–H and O–H groups in total. The third-order valence-electron chi connectivity index (χ3n) is 2.32. The van der Waals surface area contributed by atoms with E-state index in [1.165, 1.54) is 6.07 Å². The fraction of sp³-hybridized carbons (Fsp3) is 0.600.